The second-order valence-corrected chi connectivity index (χ2v) is 5.43. The number of aromatic nitrogens is 1. The van der Waals surface area contributed by atoms with Gasteiger partial charge in [-0.1, -0.05) is 12.1 Å². The maximum absolute atomic E-state index is 14.2. The number of halogens is 1. The van der Waals surface area contributed by atoms with E-state index in [0.29, 0.717) is 18.5 Å². The number of benzene rings is 1. The zero-order chi connectivity index (χ0) is 14.8. The summed E-state index contributed by atoms with van der Waals surface area (Å²) in [5.41, 5.74) is 2.45. The Hall–Kier alpha value is -2.10. The minimum absolute atomic E-state index is 0.201. The first kappa shape index (κ1) is 13.9. The Morgan fingerprint density at radius 3 is 2.86 bits per heavy atom. The van der Waals surface area contributed by atoms with Crippen LogP contribution in [0.3, 0.4) is 0 Å². The molecule has 3 rings (SSSR count). The summed E-state index contributed by atoms with van der Waals surface area (Å²) < 4.78 is 21.1. The van der Waals surface area contributed by atoms with E-state index in [0.717, 1.165) is 30.4 Å². The second-order valence-electron chi connectivity index (χ2n) is 5.43. The van der Waals surface area contributed by atoms with Gasteiger partial charge in [-0.3, -0.25) is 4.79 Å². The Balaban J connectivity index is 1.89. The number of methoxy groups -OCH3 is 1. The van der Waals surface area contributed by atoms with Crippen LogP contribution in [-0.4, -0.2) is 17.5 Å². The van der Waals surface area contributed by atoms with Gasteiger partial charge < -0.3 is 9.30 Å². The zero-order valence-corrected chi connectivity index (χ0v) is 12.1. The fourth-order valence-electron chi connectivity index (χ4n) is 2.87. The molecule has 0 atom stereocenters. The third kappa shape index (κ3) is 2.71. The highest BCUT2D eigenvalue weighted by atomic mass is 19.1. The van der Waals surface area contributed by atoms with E-state index in [-0.39, 0.29) is 17.3 Å². The molecule has 0 saturated heterocycles. The number of carbonyl (C=O) groups excluding carboxylic acids is 1. The molecule has 1 aliphatic rings. The molecule has 0 amide bonds. The van der Waals surface area contributed by atoms with Crippen molar-refractivity contribution in [3.8, 4) is 5.75 Å². The molecule has 0 N–H and O–H groups in total. The summed E-state index contributed by atoms with van der Waals surface area (Å²) in [7, 11) is 1.46. The van der Waals surface area contributed by atoms with E-state index in [9.17, 15) is 9.18 Å². The predicted octanol–water partition coefficient (Wildman–Crippen LogP) is 3.59. The number of carbonyl (C=O) groups is 1. The lowest BCUT2D eigenvalue weighted by atomic mass is 10.1. The van der Waals surface area contributed by atoms with Crippen LogP contribution in [0.5, 0.6) is 5.75 Å². The number of hydrogen-bond donors (Lipinski definition) is 0. The van der Waals surface area contributed by atoms with E-state index < -0.39 is 0 Å². The van der Waals surface area contributed by atoms with Gasteiger partial charge in [0.25, 0.3) is 0 Å². The van der Waals surface area contributed by atoms with Crippen molar-refractivity contribution in [1.29, 1.82) is 0 Å². The lowest BCUT2D eigenvalue weighted by Gasteiger charge is -2.08. The van der Waals surface area contributed by atoms with Crippen LogP contribution in [0, 0.1) is 5.82 Å². The number of rotatable bonds is 3. The van der Waals surface area contributed by atoms with Crippen molar-refractivity contribution in [2.45, 2.75) is 32.2 Å². The smallest absolute Gasteiger partial charge is 0.170 e. The minimum Gasteiger partial charge on any atom is -0.494 e. The Morgan fingerprint density at radius 2 is 2.05 bits per heavy atom. The van der Waals surface area contributed by atoms with E-state index in [1.807, 2.05) is 17.0 Å². The fraction of sp³-hybridized carbons (Fsp3) is 0.353. The van der Waals surface area contributed by atoms with Gasteiger partial charge in [0.2, 0.25) is 0 Å². The number of nitrogens with zero attached hydrogens (tertiary/aromatic N) is 1. The summed E-state index contributed by atoms with van der Waals surface area (Å²) in [5.74, 6) is 0.111. The summed E-state index contributed by atoms with van der Waals surface area (Å²) in [6.07, 6.45) is 7.35. The molecular formula is C17H18FNO2. The highest BCUT2D eigenvalue weighted by Gasteiger charge is 2.18. The zero-order valence-electron chi connectivity index (χ0n) is 12.1. The molecule has 0 spiro atoms. The molecule has 1 aliphatic carbocycles. The van der Waals surface area contributed by atoms with E-state index in [4.69, 9.17) is 4.74 Å². The summed E-state index contributed by atoms with van der Waals surface area (Å²) in [6, 6.07) is 5.12. The Bertz CT molecular complexity index is 675. The van der Waals surface area contributed by atoms with Gasteiger partial charge in [-0.25, -0.2) is 4.39 Å². The Labute approximate surface area is 123 Å². The maximum Gasteiger partial charge on any atom is 0.170 e. The van der Waals surface area contributed by atoms with Crippen LogP contribution in [0.15, 0.2) is 30.6 Å². The van der Waals surface area contributed by atoms with Crippen LogP contribution in [0.1, 0.15) is 40.7 Å². The van der Waals surface area contributed by atoms with Gasteiger partial charge in [-0.15, -0.1) is 0 Å². The van der Waals surface area contributed by atoms with Crippen molar-refractivity contribution in [3.63, 3.8) is 0 Å². The first-order chi connectivity index (χ1) is 10.2. The average molecular weight is 287 g/mol. The predicted molar refractivity (Wildman–Crippen MR) is 78.4 cm³/mol. The van der Waals surface area contributed by atoms with Crippen LogP contribution >= 0.6 is 0 Å². The van der Waals surface area contributed by atoms with Crippen molar-refractivity contribution >= 4 is 5.78 Å². The lowest BCUT2D eigenvalue weighted by Crippen LogP contribution is -2.02. The standard InChI is InChI=1S/C17H18FNO2/c1-21-16-8-4-6-13(17(16)18)10-19-9-12-5-2-3-7-15(20)14(12)11-19/h4,6,8-9,11H,2-3,5,7,10H2,1H3. The number of ketones is 1. The monoisotopic (exact) mass is 287 g/mol. The van der Waals surface area contributed by atoms with E-state index in [1.54, 1.807) is 18.2 Å². The third-order valence-electron chi connectivity index (χ3n) is 3.98. The highest BCUT2D eigenvalue weighted by Crippen LogP contribution is 2.24. The van der Waals surface area contributed by atoms with Crippen molar-refractivity contribution in [2.24, 2.45) is 0 Å². The summed E-state index contributed by atoms with van der Waals surface area (Å²) in [5, 5.41) is 0. The fourth-order valence-corrected chi connectivity index (χ4v) is 2.87. The van der Waals surface area contributed by atoms with Gasteiger partial charge in [-0.2, -0.15) is 0 Å². The van der Waals surface area contributed by atoms with Crippen molar-refractivity contribution in [3.05, 3.63) is 53.1 Å². The second kappa shape index (κ2) is 5.72. The first-order valence-electron chi connectivity index (χ1n) is 7.22. The molecule has 2 aromatic rings. The number of fused-ring (bicyclic) bond motifs is 1. The van der Waals surface area contributed by atoms with Crippen molar-refractivity contribution < 1.29 is 13.9 Å². The molecular weight excluding hydrogens is 269 g/mol. The SMILES string of the molecule is COc1cccc(Cn2cc3c(c2)C(=O)CCCC3)c1F. The van der Waals surface area contributed by atoms with Crippen LogP contribution in [0.2, 0.25) is 0 Å². The van der Waals surface area contributed by atoms with Gasteiger partial charge in [0.15, 0.2) is 17.3 Å². The van der Waals surface area contributed by atoms with Crippen LogP contribution in [0.4, 0.5) is 4.39 Å². The van der Waals surface area contributed by atoms with E-state index in [1.165, 1.54) is 7.11 Å². The molecule has 0 saturated carbocycles. The topological polar surface area (TPSA) is 31.2 Å². The Morgan fingerprint density at radius 1 is 1.24 bits per heavy atom. The van der Waals surface area contributed by atoms with Crippen LogP contribution < -0.4 is 4.74 Å². The van der Waals surface area contributed by atoms with Gasteiger partial charge in [0.1, 0.15) is 0 Å². The summed E-state index contributed by atoms with van der Waals surface area (Å²) >= 11 is 0. The average Bonchev–Trinajstić information content (AvgIpc) is 2.81. The number of hydrogen-bond acceptors (Lipinski definition) is 2. The molecule has 0 unspecified atom stereocenters. The van der Waals surface area contributed by atoms with Gasteiger partial charge in [0.05, 0.1) is 13.7 Å². The summed E-state index contributed by atoms with van der Waals surface area (Å²) in [4.78, 5) is 12.0. The molecule has 1 heterocycles. The summed E-state index contributed by atoms with van der Waals surface area (Å²) in [6.45, 7) is 0.406. The van der Waals surface area contributed by atoms with E-state index >= 15 is 0 Å². The van der Waals surface area contributed by atoms with Gasteiger partial charge >= 0.3 is 0 Å². The highest BCUT2D eigenvalue weighted by molar-refractivity contribution is 5.97. The molecule has 3 nitrogen and oxygen atoms in total. The van der Waals surface area contributed by atoms with Gasteiger partial charge in [0, 0.05) is 29.9 Å². The molecule has 4 heteroatoms. The van der Waals surface area contributed by atoms with Gasteiger partial charge in [-0.05, 0) is 30.9 Å². The number of Topliss-reactive ketones (excluding diaryl/α,β-unsaturated/α-hetero) is 1. The molecule has 0 aliphatic heterocycles. The first-order valence-corrected chi connectivity index (χ1v) is 7.22. The molecule has 1 aromatic heterocycles. The number of aryl methyl sites for hydroxylation is 1. The minimum atomic E-state index is -0.338. The number of ether oxygens (including phenoxy) is 1. The normalized spacial score (nSPS) is 14.7. The Kier molecular flexibility index (Phi) is 3.78. The molecule has 1 aromatic carbocycles. The quantitative estimate of drug-likeness (QED) is 0.808. The third-order valence-corrected chi connectivity index (χ3v) is 3.98. The lowest BCUT2D eigenvalue weighted by molar-refractivity contribution is 0.0982. The van der Waals surface area contributed by atoms with Crippen LogP contribution in [0.25, 0.3) is 0 Å². The molecule has 0 fully saturated rings. The van der Waals surface area contributed by atoms with Crippen molar-refractivity contribution in [2.75, 3.05) is 7.11 Å². The molecule has 0 bridgehead atoms. The van der Waals surface area contributed by atoms with Crippen molar-refractivity contribution in [1.82, 2.24) is 4.57 Å². The molecule has 0 radical (unpaired) electrons. The molecule has 110 valence electrons. The molecule has 21 heavy (non-hydrogen) atoms. The largest absolute Gasteiger partial charge is 0.494 e. The maximum atomic E-state index is 14.2. The van der Waals surface area contributed by atoms with Crippen LogP contribution in [-0.2, 0) is 13.0 Å². The van der Waals surface area contributed by atoms with E-state index in [2.05, 4.69) is 0 Å².